The van der Waals surface area contributed by atoms with Crippen LogP contribution in [-0.4, -0.2) is 48.5 Å². The number of aliphatic hydroxyl groups is 1. The van der Waals surface area contributed by atoms with Gasteiger partial charge in [-0.15, -0.1) is 16.4 Å². The van der Waals surface area contributed by atoms with Crippen molar-refractivity contribution >= 4 is 27.5 Å². The quantitative estimate of drug-likeness (QED) is 0.512. The number of fused-ring (bicyclic) bond motifs is 1. The van der Waals surface area contributed by atoms with Crippen LogP contribution in [0.2, 0.25) is 0 Å². The van der Waals surface area contributed by atoms with Crippen molar-refractivity contribution < 1.29 is 14.3 Å². The first-order chi connectivity index (χ1) is 15.0. The van der Waals surface area contributed by atoms with Gasteiger partial charge in [-0.3, -0.25) is 4.79 Å². The number of carbonyl (C=O) groups is 1. The number of likely N-dealkylation sites (tertiary alicyclic amines) is 1. The van der Waals surface area contributed by atoms with Crippen molar-refractivity contribution in [1.29, 1.82) is 0 Å². The number of hydrogen-bond acceptors (Lipinski definition) is 7. The van der Waals surface area contributed by atoms with Gasteiger partial charge in [-0.1, -0.05) is 31.2 Å². The fourth-order valence-corrected chi connectivity index (χ4v) is 5.24. The van der Waals surface area contributed by atoms with Crippen LogP contribution >= 0.6 is 11.3 Å². The van der Waals surface area contributed by atoms with E-state index in [1.165, 1.54) is 0 Å². The highest BCUT2D eigenvalue weighted by Crippen LogP contribution is 2.38. The molecule has 0 bridgehead atoms. The zero-order valence-electron chi connectivity index (χ0n) is 17.3. The lowest BCUT2D eigenvalue weighted by atomic mass is 10.0. The number of aliphatic hydroxyl groups excluding tert-OH is 1. The number of β-amino-alcohol motifs (C(OH)–C–C–N with tert-alkyl or cyclic N) is 1. The van der Waals surface area contributed by atoms with Crippen LogP contribution in [0, 0.1) is 5.92 Å². The fraction of sp³-hybridized carbons (Fsp3) is 0.364. The number of hydrogen-bond donors (Lipinski definition) is 1. The summed E-state index contributed by atoms with van der Waals surface area (Å²) in [5.41, 5.74) is 1.49. The molecule has 1 N–H and O–H groups in total. The summed E-state index contributed by atoms with van der Waals surface area (Å²) in [5, 5.41) is 19.7. The smallest absolute Gasteiger partial charge is 0.248 e. The fourth-order valence-electron chi connectivity index (χ4n) is 4.15. The van der Waals surface area contributed by atoms with Gasteiger partial charge in [0.1, 0.15) is 16.7 Å². The topological polar surface area (TPSA) is 97.3 Å². The highest BCUT2D eigenvalue weighted by atomic mass is 32.1. The highest BCUT2D eigenvalue weighted by molar-refractivity contribution is 7.18. The van der Waals surface area contributed by atoms with Crippen LogP contribution in [-0.2, 0) is 4.79 Å². The zero-order chi connectivity index (χ0) is 21.5. The molecule has 0 saturated carbocycles. The third kappa shape index (κ3) is 3.64. The summed E-state index contributed by atoms with van der Waals surface area (Å²) in [6.45, 7) is 4.24. The Hall–Kier alpha value is -3.04. The predicted octanol–water partition coefficient (Wildman–Crippen LogP) is 3.68. The van der Waals surface area contributed by atoms with E-state index in [1.54, 1.807) is 45.5 Å². The van der Waals surface area contributed by atoms with Gasteiger partial charge in [0.25, 0.3) is 0 Å². The van der Waals surface area contributed by atoms with E-state index in [0.29, 0.717) is 17.9 Å². The van der Waals surface area contributed by atoms with E-state index in [0.717, 1.165) is 15.2 Å². The molecule has 0 aliphatic carbocycles. The molecule has 8 nitrogen and oxygen atoms in total. The van der Waals surface area contributed by atoms with E-state index in [1.807, 2.05) is 38.1 Å². The minimum absolute atomic E-state index is 0.0209. The molecule has 1 aliphatic rings. The maximum Gasteiger partial charge on any atom is 0.248 e. The van der Waals surface area contributed by atoms with Crippen molar-refractivity contribution in [2.24, 2.45) is 5.92 Å². The Morgan fingerprint density at radius 1 is 1.26 bits per heavy atom. The van der Waals surface area contributed by atoms with Crippen molar-refractivity contribution in [2.75, 3.05) is 6.54 Å². The average Bonchev–Trinajstić information content (AvgIpc) is 3.52. The average molecular weight is 438 g/mol. The van der Waals surface area contributed by atoms with Crippen LogP contribution in [0.25, 0.3) is 21.7 Å². The van der Waals surface area contributed by atoms with Gasteiger partial charge < -0.3 is 14.4 Å². The molecule has 0 radical (unpaired) electrons. The van der Waals surface area contributed by atoms with E-state index in [9.17, 15) is 9.90 Å². The molecule has 3 atom stereocenters. The summed E-state index contributed by atoms with van der Waals surface area (Å²) in [6, 6.07) is 10.7. The second kappa shape index (κ2) is 7.90. The lowest BCUT2D eigenvalue weighted by Gasteiger charge is -2.29. The first-order valence-corrected chi connectivity index (χ1v) is 11.1. The number of furan rings is 1. The van der Waals surface area contributed by atoms with Crippen molar-refractivity contribution in [2.45, 2.75) is 38.5 Å². The van der Waals surface area contributed by atoms with Gasteiger partial charge in [-0.05, 0) is 30.2 Å². The molecule has 1 saturated heterocycles. The molecule has 160 valence electrons. The molecular formula is C22H23N5O3S. The minimum Gasteiger partial charge on any atom is -0.463 e. The maximum atomic E-state index is 13.7. The van der Waals surface area contributed by atoms with E-state index in [2.05, 4.69) is 10.3 Å². The van der Waals surface area contributed by atoms with Crippen LogP contribution in [0.4, 0.5) is 0 Å². The number of amides is 1. The first-order valence-electron chi connectivity index (χ1n) is 10.3. The molecular weight excluding hydrogens is 414 g/mol. The van der Waals surface area contributed by atoms with Crippen LogP contribution in [0.3, 0.4) is 0 Å². The monoisotopic (exact) mass is 437 g/mol. The lowest BCUT2D eigenvalue weighted by molar-refractivity contribution is -0.137. The predicted molar refractivity (Wildman–Crippen MR) is 116 cm³/mol. The van der Waals surface area contributed by atoms with Crippen LogP contribution in [0.5, 0.6) is 0 Å². The summed E-state index contributed by atoms with van der Waals surface area (Å²) < 4.78 is 8.08. The normalized spacial score (nSPS) is 20.1. The van der Waals surface area contributed by atoms with Crippen molar-refractivity contribution in [3.63, 3.8) is 0 Å². The molecule has 1 fully saturated rings. The third-order valence-electron chi connectivity index (χ3n) is 5.61. The number of aromatic nitrogens is 4. The Morgan fingerprint density at radius 2 is 2.10 bits per heavy atom. The van der Waals surface area contributed by atoms with Gasteiger partial charge in [-0.25, -0.2) is 9.67 Å². The van der Waals surface area contributed by atoms with Gasteiger partial charge in [0.2, 0.25) is 5.91 Å². The van der Waals surface area contributed by atoms with Crippen LogP contribution < -0.4 is 0 Å². The van der Waals surface area contributed by atoms with Gasteiger partial charge in [0.05, 0.1) is 34.8 Å². The summed E-state index contributed by atoms with van der Waals surface area (Å²) in [6.07, 6.45) is 3.21. The van der Waals surface area contributed by atoms with Crippen LogP contribution in [0.1, 0.15) is 37.4 Å². The lowest BCUT2D eigenvalue weighted by Crippen LogP contribution is -2.40. The molecule has 4 aromatic rings. The molecule has 9 heteroatoms. The SMILES string of the molecule is CC(C)[C@H](C(=O)N1C[C@H](O)C[C@H]1c1nc2ccccc2s1)n1cc(-c2ccco2)nn1. The van der Waals surface area contributed by atoms with Crippen molar-refractivity contribution in [3.8, 4) is 11.5 Å². The maximum absolute atomic E-state index is 13.7. The Kier molecular flexibility index (Phi) is 5.07. The number of rotatable bonds is 5. The number of thiazole rings is 1. The minimum atomic E-state index is -0.580. The molecule has 1 aromatic carbocycles. The number of benzene rings is 1. The molecule has 5 rings (SSSR count). The van der Waals surface area contributed by atoms with Crippen molar-refractivity contribution in [3.05, 3.63) is 53.9 Å². The van der Waals surface area contributed by atoms with Crippen LogP contribution in [0.15, 0.2) is 53.3 Å². The second-order valence-electron chi connectivity index (χ2n) is 8.17. The largest absolute Gasteiger partial charge is 0.463 e. The second-order valence-corrected chi connectivity index (χ2v) is 9.23. The van der Waals surface area contributed by atoms with Gasteiger partial charge in [0, 0.05) is 13.0 Å². The number of nitrogens with zero attached hydrogens (tertiary/aromatic N) is 5. The third-order valence-corrected chi connectivity index (χ3v) is 6.75. The van der Waals surface area contributed by atoms with E-state index in [-0.39, 0.29) is 24.4 Å². The van der Waals surface area contributed by atoms with E-state index in [4.69, 9.17) is 9.40 Å². The van der Waals surface area contributed by atoms with Gasteiger partial charge in [0.15, 0.2) is 5.76 Å². The molecule has 3 aromatic heterocycles. The van der Waals surface area contributed by atoms with E-state index >= 15 is 0 Å². The summed E-state index contributed by atoms with van der Waals surface area (Å²) in [5.74, 6) is 0.490. The number of carbonyl (C=O) groups excluding carboxylic acids is 1. The molecule has 1 aliphatic heterocycles. The summed E-state index contributed by atoms with van der Waals surface area (Å²) in [4.78, 5) is 20.2. The molecule has 1 amide bonds. The summed E-state index contributed by atoms with van der Waals surface area (Å²) >= 11 is 1.57. The molecule has 0 spiro atoms. The number of para-hydroxylation sites is 1. The van der Waals surface area contributed by atoms with E-state index < -0.39 is 12.1 Å². The van der Waals surface area contributed by atoms with Gasteiger partial charge in [-0.2, -0.15) is 0 Å². The Labute approximate surface area is 183 Å². The Bertz CT molecular complexity index is 1170. The van der Waals surface area contributed by atoms with Crippen molar-refractivity contribution in [1.82, 2.24) is 24.9 Å². The molecule has 4 heterocycles. The standard InChI is InChI=1S/C22H23N5O3S/c1-13(2)20(27-12-16(24-25-27)18-7-5-9-30-18)22(29)26-11-14(28)10-17(26)21-23-15-6-3-4-8-19(15)31-21/h3-9,12-14,17,20,28H,10-11H2,1-2H3/t14-,17+,20-/m1/s1. The zero-order valence-corrected chi connectivity index (χ0v) is 18.1. The summed E-state index contributed by atoms with van der Waals surface area (Å²) in [7, 11) is 0. The molecule has 31 heavy (non-hydrogen) atoms. The van der Waals surface area contributed by atoms with Gasteiger partial charge >= 0.3 is 0 Å². The Morgan fingerprint density at radius 3 is 2.84 bits per heavy atom. The Balaban J connectivity index is 1.46. The highest BCUT2D eigenvalue weighted by Gasteiger charge is 2.41. The first kappa shape index (κ1) is 19.9. The molecule has 0 unspecified atom stereocenters.